The van der Waals surface area contributed by atoms with Crippen LogP contribution in [-0.2, 0) is 10.1 Å². The first-order valence-corrected chi connectivity index (χ1v) is 14.4. The van der Waals surface area contributed by atoms with Gasteiger partial charge in [-0.2, -0.15) is 0 Å². The van der Waals surface area contributed by atoms with Crippen LogP contribution in [0.25, 0.3) is 0 Å². The Bertz CT molecular complexity index is 219. The Labute approximate surface area is 110 Å². The predicted octanol–water partition coefficient (Wildman–Crippen LogP) is 4.89. The summed E-state index contributed by atoms with van der Waals surface area (Å²) in [6, 6.07) is 8.71. The van der Waals surface area contributed by atoms with Crippen molar-refractivity contribution in [2.75, 3.05) is 0 Å². The van der Waals surface area contributed by atoms with Gasteiger partial charge in [0.15, 0.2) is 0 Å². The van der Waals surface area contributed by atoms with Crippen LogP contribution < -0.4 is 0 Å². The second-order valence-electron chi connectivity index (χ2n) is 3.12. The molecule has 0 nitrogen and oxygen atoms in total. The van der Waals surface area contributed by atoms with Gasteiger partial charge in [-0.1, -0.05) is 43.7 Å². The molecule has 0 spiro atoms. The predicted molar refractivity (Wildman–Crippen MR) is 73.3 cm³/mol. The normalized spacial score (nSPS) is 9.69. The number of hydrogen-bond donors (Lipinski definition) is 0. The van der Waals surface area contributed by atoms with E-state index in [2.05, 4.69) is 84.5 Å². The first kappa shape index (κ1) is 14.3. The fourth-order valence-corrected chi connectivity index (χ4v) is 0.951. The van der Waals surface area contributed by atoms with Crippen molar-refractivity contribution in [3.8, 4) is 0 Å². The van der Waals surface area contributed by atoms with Gasteiger partial charge in [0.25, 0.3) is 0 Å². The van der Waals surface area contributed by atoms with Crippen molar-refractivity contribution in [3.05, 3.63) is 35.4 Å². The standard InChI is InChI=1S/C10H14.2HI.Ru/c1-8(2)10-6-4-9(3)5-7-10;;;/h4-8H,1-3H3;2*1H;/q;;;+2/p-2. The zero-order valence-electron chi connectivity index (χ0n) is 8.00. The van der Waals surface area contributed by atoms with E-state index in [0.29, 0.717) is 16.0 Å². The Hall–Kier alpha value is 1.30. The van der Waals surface area contributed by atoms with E-state index in [1.165, 1.54) is 11.1 Å². The Morgan fingerprint density at radius 1 is 1.08 bits per heavy atom. The fraction of sp³-hybridized carbons (Fsp3) is 0.400. The number of benzene rings is 1. The van der Waals surface area contributed by atoms with E-state index in [-0.39, 0.29) is 0 Å². The Kier molecular flexibility index (Phi) is 9.46. The van der Waals surface area contributed by atoms with Crippen molar-refractivity contribution in [2.45, 2.75) is 26.7 Å². The van der Waals surface area contributed by atoms with Crippen molar-refractivity contribution in [3.63, 3.8) is 0 Å². The van der Waals surface area contributed by atoms with Crippen LogP contribution in [0.15, 0.2) is 24.3 Å². The first-order chi connectivity index (χ1) is 6.11. The van der Waals surface area contributed by atoms with Crippen LogP contribution in [0.4, 0.5) is 0 Å². The molecule has 0 radical (unpaired) electrons. The third-order valence-corrected chi connectivity index (χ3v) is 1.74. The monoisotopic (exact) mass is 490 g/mol. The van der Waals surface area contributed by atoms with E-state index in [1.807, 2.05) is 0 Å². The summed E-state index contributed by atoms with van der Waals surface area (Å²) in [7, 11) is 0.650. The van der Waals surface area contributed by atoms with Crippen LogP contribution in [0.3, 0.4) is 0 Å². The van der Waals surface area contributed by atoms with Crippen molar-refractivity contribution >= 4 is 39.5 Å². The Balaban J connectivity index is 0.000000424. The van der Waals surface area contributed by atoms with Crippen LogP contribution in [0.2, 0.25) is 0 Å². The maximum absolute atomic E-state index is 2.37. The average Bonchev–Trinajstić information content (AvgIpc) is 2.06. The zero-order valence-corrected chi connectivity index (χ0v) is 14.0. The maximum atomic E-state index is 2.37. The molecule has 0 aliphatic rings. The van der Waals surface area contributed by atoms with E-state index >= 15 is 0 Å². The summed E-state index contributed by atoms with van der Waals surface area (Å²) in [5.41, 5.74) is 2.76. The minimum absolute atomic E-state index is 0.650. The molecule has 0 saturated heterocycles. The summed E-state index contributed by atoms with van der Waals surface area (Å²) >= 11 is 4.73. The van der Waals surface area contributed by atoms with Gasteiger partial charge in [-0.25, -0.2) is 0 Å². The number of aryl methyl sites for hydroxylation is 1. The van der Waals surface area contributed by atoms with Crippen molar-refractivity contribution in [2.24, 2.45) is 0 Å². The van der Waals surface area contributed by atoms with Crippen LogP contribution in [0.5, 0.6) is 0 Å². The Morgan fingerprint density at radius 3 is 1.77 bits per heavy atom. The van der Waals surface area contributed by atoms with Gasteiger partial charge >= 0.3 is 49.6 Å². The molecular formula is C10H14I2Ru. The van der Waals surface area contributed by atoms with E-state index in [1.54, 1.807) is 0 Å². The summed E-state index contributed by atoms with van der Waals surface area (Å²) in [4.78, 5) is 0. The quantitative estimate of drug-likeness (QED) is 0.390. The van der Waals surface area contributed by atoms with Gasteiger partial charge in [-0.15, -0.1) is 0 Å². The van der Waals surface area contributed by atoms with Gasteiger partial charge in [-0.05, 0) is 18.4 Å². The zero-order chi connectivity index (χ0) is 10.3. The molecule has 13 heavy (non-hydrogen) atoms. The van der Waals surface area contributed by atoms with Gasteiger partial charge in [0.1, 0.15) is 0 Å². The molecule has 0 aliphatic heterocycles. The number of halogens is 2. The van der Waals surface area contributed by atoms with E-state index < -0.39 is 0 Å². The molecule has 0 aromatic heterocycles. The molecule has 0 N–H and O–H groups in total. The van der Waals surface area contributed by atoms with E-state index in [4.69, 9.17) is 0 Å². The molecule has 76 valence electrons. The molecular weight excluding hydrogens is 475 g/mol. The molecule has 0 heterocycles. The average molecular weight is 489 g/mol. The Morgan fingerprint density at radius 2 is 1.46 bits per heavy atom. The van der Waals surface area contributed by atoms with Gasteiger partial charge in [0.05, 0.1) is 0 Å². The third-order valence-electron chi connectivity index (χ3n) is 1.74. The van der Waals surface area contributed by atoms with Crippen LogP contribution in [-0.4, -0.2) is 0 Å². The third kappa shape index (κ3) is 7.26. The molecule has 0 unspecified atom stereocenters. The van der Waals surface area contributed by atoms with E-state index in [0.717, 1.165) is 0 Å². The molecule has 1 aromatic rings. The molecule has 0 aliphatic carbocycles. The molecule has 0 fully saturated rings. The summed E-state index contributed by atoms with van der Waals surface area (Å²) in [5.74, 6) is 0.653. The fourth-order valence-electron chi connectivity index (χ4n) is 0.951. The van der Waals surface area contributed by atoms with Gasteiger partial charge in [0.2, 0.25) is 0 Å². The SMILES string of the molecule is Cc1ccc(C(C)C)cc1.[I][Ru][I]. The second kappa shape index (κ2) is 8.60. The topological polar surface area (TPSA) is 0 Å². The number of rotatable bonds is 1. The summed E-state index contributed by atoms with van der Waals surface area (Å²) in [6.45, 7) is 6.54. The number of hydrogen-bond acceptors (Lipinski definition) is 0. The molecule has 1 rings (SSSR count). The molecule has 1 aromatic carbocycles. The minimum atomic E-state index is 0.650. The molecule has 0 saturated carbocycles. The molecule has 0 atom stereocenters. The van der Waals surface area contributed by atoms with Gasteiger partial charge in [-0.3, -0.25) is 0 Å². The van der Waals surface area contributed by atoms with Crippen LogP contribution >= 0.6 is 39.5 Å². The molecule has 0 bridgehead atoms. The second-order valence-corrected chi connectivity index (χ2v) is 16.5. The van der Waals surface area contributed by atoms with Crippen LogP contribution in [0.1, 0.15) is 30.9 Å². The summed E-state index contributed by atoms with van der Waals surface area (Å²) < 4.78 is 0. The van der Waals surface area contributed by atoms with Crippen molar-refractivity contribution in [1.29, 1.82) is 0 Å². The van der Waals surface area contributed by atoms with Gasteiger partial charge in [0, 0.05) is 0 Å². The molecule has 0 amide bonds. The summed E-state index contributed by atoms with van der Waals surface area (Å²) in [5, 5.41) is 0. The first-order valence-electron chi connectivity index (χ1n) is 4.03. The molecule has 3 heteroatoms. The van der Waals surface area contributed by atoms with Crippen molar-refractivity contribution in [1.82, 2.24) is 0 Å². The van der Waals surface area contributed by atoms with Crippen LogP contribution in [0, 0.1) is 6.92 Å². The summed E-state index contributed by atoms with van der Waals surface area (Å²) in [6.07, 6.45) is 0. The van der Waals surface area contributed by atoms with Gasteiger partial charge < -0.3 is 0 Å². The van der Waals surface area contributed by atoms with E-state index in [9.17, 15) is 0 Å². The van der Waals surface area contributed by atoms with Crippen molar-refractivity contribution < 1.29 is 10.1 Å².